The molecule has 1 aromatic rings. The number of aryl methyl sites for hydroxylation is 1. The van der Waals surface area contributed by atoms with Gasteiger partial charge < -0.3 is 24.6 Å². The van der Waals surface area contributed by atoms with Gasteiger partial charge in [-0.25, -0.2) is 0 Å². The lowest BCUT2D eigenvalue weighted by molar-refractivity contribution is -0.120. The number of nitrogens with zero attached hydrogens (tertiary/aromatic N) is 1. The first-order valence-corrected chi connectivity index (χ1v) is 15.1. The Kier molecular flexibility index (Phi) is 5.51. The van der Waals surface area contributed by atoms with Gasteiger partial charge in [0, 0.05) is 41.7 Å². The third-order valence-corrected chi connectivity index (χ3v) is 11.8. The van der Waals surface area contributed by atoms with Crippen molar-refractivity contribution in [2.24, 2.45) is 5.92 Å². The SMILES string of the molecule is CN1CC[C@]23c4c5c(CCC(=O)NCCS)cc(O)c4O[C@H]2[C@](C)(P(C)(C)=O)C=CC3[C@H]1C5. The van der Waals surface area contributed by atoms with Crippen LogP contribution in [0.5, 0.6) is 11.5 Å². The Labute approximate surface area is 201 Å². The van der Waals surface area contributed by atoms with Gasteiger partial charge in [0.15, 0.2) is 11.5 Å². The van der Waals surface area contributed by atoms with Crippen LogP contribution in [-0.4, -0.2) is 72.4 Å². The molecule has 33 heavy (non-hydrogen) atoms. The lowest BCUT2D eigenvalue weighted by atomic mass is 9.51. The standard InChI is InChI=1S/C25H35N2O4PS/c1-24(32(3,4)30)8-7-17-18-14-16-15(5-6-20(29)26-10-12-33)13-19(28)22-21(16)25(17,23(24)31-22)9-11-27(18)2/h7-8,13,17-18,23,28,33H,5-6,9-12,14H2,1-4H3,(H,26,29)/t17?,18-,23+,24-,25+/m1/s1. The summed E-state index contributed by atoms with van der Waals surface area (Å²) in [7, 11) is -0.380. The van der Waals surface area contributed by atoms with Gasteiger partial charge in [0.1, 0.15) is 6.10 Å². The zero-order chi connectivity index (χ0) is 23.8. The zero-order valence-electron chi connectivity index (χ0n) is 19.9. The molecule has 1 saturated heterocycles. The Hall–Kier alpha value is -1.43. The number of thiol groups is 1. The lowest BCUT2D eigenvalue weighted by Crippen LogP contribution is -2.67. The second kappa shape index (κ2) is 7.79. The van der Waals surface area contributed by atoms with E-state index in [1.807, 2.05) is 13.3 Å². The Morgan fingerprint density at radius 3 is 2.88 bits per heavy atom. The number of rotatable bonds is 6. The molecule has 0 radical (unpaired) electrons. The van der Waals surface area contributed by atoms with E-state index >= 15 is 0 Å². The predicted molar refractivity (Wildman–Crippen MR) is 135 cm³/mol. The molecular formula is C25H35N2O4PS. The molecule has 8 heteroatoms. The molecule has 2 N–H and O–H groups in total. The molecule has 2 heterocycles. The molecule has 6 nitrogen and oxygen atoms in total. The second-order valence-electron chi connectivity index (χ2n) is 10.8. The van der Waals surface area contributed by atoms with Crippen LogP contribution in [-0.2, 0) is 27.6 Å². The Bertz CT molecular complexity index is 1080. The summed E-state index contributed by atoms with van der Waals surface area (Å²) in [6.45, 7) is 7.27. The first kappa shape index (κ1) is 23.3. The number of ether oxygens (including phenoxy) is 1. The third-order valence-electron chi connectivity index (χ3n) is 8.88. The fourth-order valence-electron chi connectivity index (χ4n) is 6.89. The summed E-state index contributed by atoms with van der Waals surface area (Å²) in [6.07, 6.45) is 6.89. The van der Waals surface area contributed by atoms with E-state index in [-0.39, 0.29) is 29.1 Å². The fraction of sp³-hybridized carbons (Fsp3) is 0.640. The van der Waals surface area contributed by atoms with Gasteiger partial charge in [0.25, 0.3) is 0 Å². The van der Waals surface area contributed by atoms with Gasteiger partial charge in [-0.2, -0.15) is 12.6 Å². The molecule has 2 aliphatic carbocycles. The van der Waals surface area contributed by atoms with Crippen molar-refractivity contribution in [3.63, 3.8) is 0 Å². The summed E-state index contributed by atoms with van der Waals surface area (Å²) < 4.78 is 20.2. The van der Waals surface area contributed by atoms with Crippen LogP contribution in [0, 0.1) is 5.92 Å². The van der Waals surface area contributed by atoms with E-state index in [1.54, 1.807) is 6.07 Å². The normalized spacial score (nSPS) is 34.0. The second-order valence-corrected chi connectivity index (χ2v) is 14.9. The largest absolute Gasteiger partial charge is 0.504 e. The number of phenols is 1. The molecule has 1 spiro atoms. The van der Waals surface area contributed by atoms with Crippen molar-refractivity contribution in [1.82, 2.24) is 10.2 Å². The predicted octanol–water partition coefficient (Wildman–Crippen LogP) is 3.20. The van der Waals surface area contributed by atoms with E-state index in [0.29, 0.717) is 36.9 Å². The van der Waals surface area contributed by atoms with Crippen molar-refractivity contribution in [3.8, 4) is 11.5 Å². The van der Waals surface area contributed by atoms with Crippen LogP contribution in [0.25, 0.3) is 0 Å². The smallest absolute Gasteiger partial charge is 0.220 e. The third kappa shape index (κ3) is 3.18. The quantitative estimate of drug-likeness (QED) is 0.324. The van der Waals surface area contributed by atoms with E-state index in [1.165, 1.54) is 5.56 Å². The van der Waals surface area contributed by atoms with Gasteiger partial charge in [0.05, 0.1) is 12.3 Å². The molecule has 0 aromatic heterocycles. The topological polar surface area (TPSA) is 78.9 Å². The maximum Gasteiger partial charge on any atom is 0.220 e. The molecule has 5 rings (SSSR count). The molecule has 5 atom stereocenters. The van der Waals surface area contributed by atoms with Crippen molar-refractivity contribution < 1.29 is 19.2 Å². The van der Waals surface area contributed by atoms with Crippen molar-refractivity contribution >= 4 is 25.7 Å². The highest BCUT2D eigenvalue weighted by Crippen LogP contribution is 2.70. The summed E-state index contributed by atoms with van der Waals surface area (Å²) in [5.41, 5.74) is 3.08. The van der Waals surface area contributed by atoms with E-state index < -0.39 is 12.3 Å². The molecule has 1 amide bonds. The lowest BCUT2D eigenvalue weighted by Gasteiger charge is -2.59. The van der Waals surface area contributed by atoms with Gasteiger partial charge in [-0.15, -0.1) is 0 Å². The first-order chi connectivity index (χ1) is 15.5. The number of aromatic hydroxyl groups is 1. The van der Waals surface area contributed by atoms with Gasteiger partial charge in [-0.05, 0) is 70.3 Å². The zero-order valence-corrected chi connectivity index (χ0v) is 21.7. The highest BCUT2D eigenvalue weighted by molar-refractivity contribution is 7.80. The number of hydrogen-bond donors (Lipinski definition) is 3. The van der Waals surface area contributed by atoms with Crippen molar-refractivity contribution in [3.05, 3.63) is 34.9 Å². The van der Waals surface area contributed by atoms with Crippen LogP contribution in [0.2, 0.25) is 0 Å². The average molecular weight is 491 g/mol. The number of hydrogen-bond acceptors (Lipinski definition) is 6. The Morgan fingerprint density at radius 2 is 2.18 bits per heavy atom. The first-order valence-electron chi connectivity index (χ1n) is 11.9. The summed E-state index contributed by atoms with van der Waals surface area (Å²) in [6, 6.07) is 2.12. The van der Waals surface area contributed by atoms with Crippen LogP contribution < -0.4 is 10.1 Å². The molecule has 2 aliphatic heterocycles. The van der Waals surface area contributed by atoms with Gasteiger partial charge in [-0.3, -0.25) is 4.79 Å². The van der Waals surface area contributed by atoms with E-state index in [9.17, 15) is 14.5 Å². The monoisotopic (exact) mass is 490 g/mol. The van der Waals surface area contributed by atoms with Crippen molar-refractivity contribution in [1.29, 1.82) is 0 Å². The molecule has 4 aliphatic rings. The maximum atomic E-state index is 13.6. The van der Waals surface area contributed by atoms with Crippen molar-refractivity contribution in [2.75, 3.05) is 39.2 Å². The Balaban J connectivity index is 1.64. The van der Waals surface area contributed by atoms with Gasteiger partial charge in [-0.1, -0.05) is 12.2 Å². The summed E-state index contributed by atoms with van der Waals surface area (Å²) in [5.74, 6) is 1.58. The number of phenolic OH excluding ortho intramolecular Hbond substituents is 1. The molecule has 1 fully saturated rings. The van der Waals surface area contributed by atoms with Gasteiger partial charge in [0.2, 0.25) is 5.91 Å². The van der Waals surface area contributed by atoms with Crippen LogP contribution >= 0.6 is 19.8 Å². The molecule has 2 bridgehead atoms. The molecule has 0 saturated carbocycles. The highest BCUT2D eigenvalue weighted by Gasteiger charge is 2.69. The minimum atomic E-state index is -2.57. The van der Waals surface area contributed by atoms with Crippen LogP contribution in [0.3, 0.4) is 0 Å². The number of nitrogens with one attached hydrogen (secondary N) is 1. The number of carbonyl (C=O) groups is 1. The summed E-state index contributed by atoms with van der Waals surface area (Å²) in [4.78, 5) is 14.7. The number of likely N-dealkylation sites (tertiary alicyclic amines) is 1. The number of likely N-dealkylation sites (N-methyl/N-ethyl adjacent to an activating group) is 1. The van der Waals surface area contributed by atoms with Crippen LogP contribution in [0.4, 0.5) is 0 Å². The number of benzene rings is 1. The van der Waals surface area contributed by atoms with Crippen LogP contribution in [0.1, 0.15) is 36.5 Å². The summed E-state index contributed by atoms with van der Waals surface area (Å²) in [5, 5.41) is 13.4. The van der Waals surface area contributed by atoms with E-state index in [4.69, 9.17) is 4.74 Å². The number of carbonyl (C=O) groups excluding carboxylic acids is 1. The van der Waals surface area contributed by atoms with Crippen molar-refractivity contribution in [2.45, 2.75) is 55.3 Å². The number of amides is 1. The van der Waals surface area contributed by atoms with E-state index in [0.717, 1.165) is 30.5 Å². The fourth-order valence-corrected chi connectivity index (χ4v) is 8.29. The number of piperidine rings is 1. The Morgan fingerprint density at radius 1 is 1.42 bits per heavy atom. The molecular weight excluding hydrogens is 455 g/mol. The summed E-state index contributed by atoms with van der Waals surface area (Å²) >= 11 is 4.16. The minimum absolute atomic E-state index is 0.000561. The minimum Gasteiger partial charge on any atom is -0.504 e. The average Bonchev–Trinajstić information content (AvgIpc) is 3.11. The maximum absolute atomic E-state index is 13.6. The molecule has 180 valence electrons. The highest BCUT2D eigenvalue weighted by atomic mass is 32.1. The van der Waals surface area contributed by atoms with Crippen LogP contribution in [0.15, 0.2) is 18.2 Å². The van der Waals surface area contributed by atoms with Gasteiger partial charge >= 0.3 is 0 Å². The molecule has 1 unspecified atom stereocenters. The van der Waals surface area contributed by atoms with E-state index in [2.05, 4.69) is 49.0 Å². The molecule has 1 aromatic carbocycles.